The van der Waals surface area contributed by atoms with Gasteiger partial charge in [-0.15, -0.1) is 5.10 Å². The molecule has 0 bridgehead atoms. The van der Waals surface area contributed by atoms with E-state index >= 15 is 0 Å². The van der Waals surface area contributed by atoms with Crippen LogP contribution in [-0.2, 0) is 19.4 Å². The predicted octanol–water partition coefficient (Wildman–Crippen LogP) is 3.78. The summed E-state index contributed by atoms with van der Waals surface area (Å²) in [6, 6.07) is 3.94. The standard InChI is InChI=1S/C9H6F3N5O2.C9H7F3N2O3/c1-16-8(13-14-15-16)5-2-6(9(10,11)12)4-7(3-5)17(18)19;1-13-8(15)5-2-6(9(10,11)12)4-7(3-5)14(16)17/h2-4H,1H3;2-4H,1H3,(H,13,15). The van der Waals surface area contributed by atoms with Gasteiger partial charge in [-0.25, -0.2) is 4.68 Å². The molecule has 0 saturated carbocycles. The number of amides is 1. The van der Waals surface area contributed by atoms with Crippen molar-refractivity contribution in [1.29, 1.82) is 0 Å². The number of nitrogens with zero attached hydrogens (tertiary/aromatic N) is 6. The van der Waals surface area contributed by atoms with Gasteiger partial charge in [0.1, 0.15) is 0 Å². The maximum atomic E-state index is 12.7. The summed E-state index contributed by atoms with van der Waals surface area (Å²) in [4.78, 5) is 30.4. The summed E-state index contributed by atoms with van der Waals surface area (Å²) in [5.74, 6) is -0.812. The highest BCUT2D eigenvalue weighted by molar-refractivity contribution is 5.94. The number of benzene rings is 2. The molecule has 192 valence electrons. The summed E-state index contributed by atoms with van der Waals surface area (Å²) in [6.07, 6.45) is -9.43. The molecule has 1 amide bonds. The maximum Gasteiger partial charge on any atom is 0.416 e. The number of nitrogens with one attached hydrogen (secondary N) is 1. The van der Waals surface area contributed by atoms with Crippen molar-refractivity contribution >= 4 is 17.3 Å². The van der Waals surface area contributed by atoms with Gasteiger partial charge >= 0.3 is 12.4 Å². The van der Waals surface area contributed by atoms with Crippen LogP contribution in [0.4, 0.5) is 37.7 Å². The van der Waals surface area contributed by atoms with Crippen molar-refractivity contribution in [2.75, 3.05) is 7.05 Å². The van der Waals surface area contributed by atoms with Gasteiger partial charge in [0.15, 0.2) is 5.82 Å². The largest absolute Gasteiger partial charge is 0.416 e. The first-order valence-electron chi connectivity index (χ1n) is 9.22. The van der Waals surface area contributed by atoms with Crippen LogP contribution in [0, 0.1) is 20.2 Å². The molecule has 36 heavy (non-hydrogen) atoms. The van der Waals surface area contributed by atoms with Crippen molar-refractivity contribution in [3.8, 4) is 11.4 Å². The fraction of sp³-hybridized carbons (Fsp3) is 0.222. The van der Waals surface area contributed by atoms with Gasteiger partial charge in [0.05, 0.1) is 21.0 Å². The van der Waals surface area contributed by atoms with Crippen LogP contribution in [0.2, 0.25) is 0 Å². The Morgan fingerprint density at radius 3 is 1.81 bits per heavy atom. The molecule has 0 unspecified atom stereocenters. The third-order valence-corrected chi connectivity index (χ3v) is 4.28. The first-order valence-corrected chi connectivity index (χ1v) is 9.22. The minimum atomic E-state index is -4.74. The van der Waals surface area contributed by atoms with Gasteiger partial charge in [0.25, 0.3) is 17.3 Å². The highest BCUT2D eigenvalue weighted by Gasteiger charge is 2.34. The number of hydrogen-bond acceptors (Lipinski definition) is 8. The fourth-order valence-electron chi connectivity index (χ4n) is 2.64. The van der Waals surface area contributed by atoms with E-state index in [1.54, 1.807) is 0 Å². The van der Waals surface area contributed by atoms with Gasteiger partial charge < -0.3 is 5.32 Å². The lowest BCUT2D eigenvalue weighted by Crippen LogP contribution is -2.19. The number of halogens is 6. The molecule has 0 atom stereocenters. The van der Waals surface area contributed by atoms with Gasteiger partial charge in [-0.2, -0.15) is 26.3 Å². The molecule has 3 rings (SSSR count). The number of nitro benzene ring substituents is 2. The number of rotatable bonds is 4. The molecule has 2 aromatic carbocycles. The van der Waals surface area contributed by atoms with Crippen molar-refractivity contribution in [3.63, 3.8) is 0 Å². The van der Waals surface area contributed by atoms with E-state index in [0.29, 0.717) is 18.2 Å². The van der Waals surface area contributed by atoms with E-state index in [-0.39, 0.29) is 11.4 Å². The summed E-state index contributed by atoms with van der Waals surface area (Å²) in [7, 11) is 2.63. The summed E-state index contributed by atoms with van der Waals surface area (Å²) in [6.45, 7) is 0. The molecule has 0 fully saturated rings. The van der Waals surface area contributed by atoms with Crippen molar-refractivity contribution < 1.29 is 41.0 Å². The number of non-ortho nitro benzene ring substituents is 2. The molecule has 1 heterocycles. The monoisotopic (exact) mass is 521 g/mol. The number of nitro groups is 2. The Balaban J connectivity index is 0.000000255. The molecule has 3 aromatic rings. The average Bonchev–Trinajstić information content (AvgIpc) is 3.23. The predicted molar refractivity (Wildman–Crippen MR) is 107 cm³/mol. The summed E-state index contributed by atoms with van der Waals surface area (Å²) >= 11 is 0. The molecule has 1 aromatic heterocycles. The number of carbonyl (C=O) groups excluding carboxylic acids is 1. The first kappa shape index (κ1) is 27.6. The van der Waals surface area contributed by atoms with Crippen LogP contribution in [0.5, 0.6) is 0 Å². The Morgan fingerprint density at radius 2 is 1.39 bits per heavy atom. The van der Waals surface area contributed by atoms with E-state index in [1.165, 1.54) is 14.1 Å². The highest BCUT2D eigenvalue weighted by atomic mass is 19.4. The molecule has 0 aliphatic rings. The molecular weight excluding hydrogens is 508 g/mol. The van der Waals surface area contributed by atoms with Crippen LogP contribution >= 0.6 is 0 Å². The normalized spacial score (nSPS) is 11.3. The SMILES string of the molecule is CNC(=O)c1cc([N+](=O)[O-])cc(C(F)(F)F)c1.Cn1nnnc1-c1cc([N+](=O)[O-])cc(C(F)(F)F)c1. The third-order valence-electron chi connectivity index (χ3n) is 4.28. The molecule has 0 radical (unpaired) electrons. The van der Waals surface area contributed by atoms with E-state index < -0.39 is 56.2 Å². The van der Waals surface area contributed by atoms with E-state index in [9.17, 15) is 51.4 Å². The maximum absolute atomic E-state index is 12.7. The lowest BCUT2D eigenvalue weighted by Gasteiger charge is -2.08. The van der Waals surface area contributed by atoms with Crippen LogP contribution in [0.25, 0.3) is 11.4 Å². The van der Waals surface area contributed by atoms with Crippen molar-refractivity contribution in [2.24, 2.45) is 7.05 Å². The third kappa shape index (κ3) is 6.70. The number of carbonyl (C=O) groups is 1. The smallest absolute Gasteiger partial charge is 0.355 e. The van der Waals surface area contributed by atoms with Crippen LogP contribution < -0.4 is 5.32 Å². The number of hydrogen-bond donors (Lipinski definition) is 1. The van der Waals surface area contributed by atoms with Crippen LogP contribution in [0.3, 0.4) is 0 Å². The van der Waals surface area contributed by atoms with E-state index in [4.69, 9.17) is 0 Å². The molecule has 1 N–H and O–H groups in total. The van der Waals surface area contributed by atoms with Crippen LogP contribution in [-0.4, -0.2) is 43.0 Å². The second kappa shape index (κ2) is 10.3. The summed E-state index contributed by atoms with van der Waals surface area (Å²) < 4.78 is 76.4. The molecule has 12 nitrogen and oxygen atoms in total. The van der Waals surface area contributed by atoms with E-state index in [1.807, 2.05) is 0 Å². The van der Waals surface area contributed by atoms with Crippen LogP contribution in [0.15, 0.2) is 36.4 Å². The van der Waals surface area contributed by atoms with Gasteiger partial charge in [0.2, 0.25) is 0 Å². The number of alkyl halides is 6. The molecule has 18 heteroatoms. The quantitative estimate of drug-likeness (QED) is 0.309. The number of aryl methyl sites for hydroxylation is 1. The second-order valence-electron chi connectivity index (χ2n) is 6.75. The lowest BCUT2D eigenvalue weighted by molar-refractivity contribution is -0.385. The van der Waals surface area contributed by atoms with E-state index in [2.05, 4.69) is 20.8 Å². The van der Waals surface area contributed by atoms with Gasteiger partial charge in [-0.05, 0) is 22.6 Å². The minimum absolute atomic E-state index is 0.00852. The highest BCUT2D eigenvalue weighted by Crippen LogP contribution is 2.35. The Hall–Kier alpha value is -4.64. The Morgan fingerprint density at radius 1 is 0.889 bits per heavy atom. The van der Waals surface area contributed by atoms with Gasteiger partial charge in [-0.3, -0.25) is 25.0 Å². The zero-order valence-electron chi connectivity index (χ0n) is 18.0. The molecule has 0 spiro atoms. The van der Waals surface area contributed by atoms with Crippen LogP contribution in [0.1, 0.15) is 21.5 Å². The fourth-order valence-corrected chi connectivity index (χ4v) is 2.64. The average molecular weight is 521 g/mol. The topological polar surface area (TPSA) is 159 Å². The minimum Gasteiger partial charge on any atom is -0.355 e. The summed E-state index contributed by atoms with van der Waals surface area (Å²) in [5, 5.41) is 33.5. The number of aromatic nitrogens is 4. The van der Waals surface area contributed by atoms with Crippen molar-refractivity contribution in [1.82, 2.24) is 25.5 Å². The van der Waals surface area contributed by atoms with Crippen molar-refractivity contribution in [3.05, 3.63) is 73.3 Å². The van der Waals surface area contributed by atoms with Crippen molar-refractivity contribution in [2.45, 2.75) is 12.4 Å². The Bertz CT molecular complexity index is 1310. The van der Waals surface area contributed by atoms with Gasteiger partial charge in [-0.1, -0.05) is 0 Å². The zero-order valence-corrected chi connectivity index (χ0v) is 18.0. The summed E-state index contributed by atoms with van der Waals surface area (Å²) in [5.41, 5.74) is -4.29. The number of tetrazole rings is 1. The lowest BCUT2D eigenvalue weighted by atomic mass is 10.1. The molecule has 0 aliphatic heterocycles. The second-order valence-corrected chi connectivity index (χ2v) is 6.75. The first-order chi connectivity index (χ1) is 16.5. The molecular formula is C18H13F6N7O5. The Labute approximate surface area is 195 Å². The molecule has 0 saturated heterocycles. The Kier molecular flexibility index (Phi) is 7.91. The van der Waals surface area contributed by atoms with E-state index in [0.717, 1.165) is 22.9 Å². The zero-order chi connectivity index (χ0) is 27.4. The van der Waals surface area contributed by atoms with Gasteiger partial charge in [0, 0.05) is 49.5 Å². The molecule has 0 aliphatic carbocycles.